The number of aromatic nitrogens is 2. The molecule has 1 N–H and O–H groups in total. The van der Waals surface area contributed by atoms with Gasteiger partial charge in [-0.05, 0) is 50.1 Å². The van der Waals surface area contributed by atoms with Crippen LogP contribution in [0.1, 0.15) is 45.8 Å². The number of nitro groups is 1. The number of aryl methyl sites for hydroxylation is 1. The number of nitrogens with one attached hydrogen (secondary N) is 1. The molecule has 30 heavy (non-hydrogen) atoms. The lowest BCUT2D eigenvalue weighted by Crippen LogP contribution is -2.28. The molecule has 0 aliphatic rings. The van der Waals surface area contributed by atoms with Crippen LogP contribution in [-0.2, 0) is 6.54 Å². The fraction of sp³-hybridized carbons (Fsp3) is 0.273. The molecule has 3 aromatic rings. The summed E-state index contributed by atoms with van der Waals surface area (Å²) in [6.45, 7) is 5.43. The van der Waals surface area contributed by atoms with Crippen LogP contribution in [0.3, 0.4) is 0 Å². The van der Waals surface area contributed by atoms with E-state index in [1.54, 1.807) is 37.8 Å². The van der Waals surface area contributed by atoms with E-state index in [0.717, 1.165) is 16.9 Å². The van der Waals surface area contributed by atoms with Crippen LogP contribution in [0, 0.1) is 24.0 Å². The second kappa shape index (κ2) is 8.77. The van der Waals surface area contributed by atoms with Crippen molar-refractivity contribution in [3.05, 3.63) is 86.7 Å². The molecule has 1 aromatic heterocycles. The van der Waals surface area contributed by atoms with Crippen molar-refractivity contribution in [3.8, 4) is 5.75 Å². The summed E-state index contributed by atoms with van der Waals surface area (Å²) in [5.41, 5.74) is 2.97. The number of nitrogens with zero attached hydrogens (tertiary/aromatic N) is 3. The van der Waals surface area contributed by atoms with Crippen LogP contribution in [0.15, 0.2) is 48.5 Å². The van der Waals surface area contributed by atoms with Gasteiger partial charge in [-0.25, -0.2) is 0 Å². The van der Waals surface area contributed by atoms with Crippen LogP contribution < -0.4 is 10.1 Å². The second-order valence-electron chi connectivity index (χ2n) is 7.06. The van der Waals surface area contributed by atoms with Gasteiger partial charge < -0.3 is 10.1 Å². The minimum Gasteiger partial charge on any atom is -0.497 e. The standard InChI is InChI=1S/C22H24N4O4/c1-14(17-9-7-10-19(12-17)30-4)23-22(27)20-11-6-5-8-18(20)13-25-16(3)21(26(28)29)15(2)24-25/h5-12,14H,13H2,1-4H3,(H,23,27). The van der Waals surface area contributed by atoms with Gasteiger partial charge >= 0.3 is 5.69 Å². The number of rotatable bonds is 7. The molecule has 2 aromatic carbocycles. The summed E-state index contributed by atoms with van der Waals surface area (Å²) in [6, 6.07) is 14.5. The SMILES string of the molecule is COc1cccc(C(C)NC(=O)c2ccccc2Cn2nc(C)c([N+](=O)[O-])c2C)c1. The third kappa shape index (κ3) is 4.32. The molecule has 0 saturated carbocycles. The van der Waals surface area contributed by atoms with Crippen LogP contribution in [0.5, 0.6) is 5.75 Å². The molecule has 8 heteroatoms. The molecule has 1 atom stereocenters. The van der Waals surface area contributed by atoms with E-state index in [1.165, 1.54) is 0 Å². The maximum atomic E-state index is 13.0. The Balaban J connectivity index is 1.84. The van der Waals surface area contributed by atoms with Gasteiger partial charge in [0.1, 0.15) is 17.1 Å². The van der Waals surface area contributed by atoms with Gasteiger partial charge in [0.05, 0.1) is 24.6 Å². The quantitative estimate of drug-likeness (QED) is 0.471. The summed E-state index contributed by atoms with van der Waals surface area (Å²) in [5.74, 6) is 0.497. The molecule has 3 rings (SSSR count). The molecule has 0 aliphatic heterocycles. The van der Waals surface area contributed by atoms with Gasteiger partial charge in [0.2, 0.25) is 0 Å². The number of benzene rings is 2. The van der Waals surface area contributed by atoms with Crippen LogP contribution in [0.2, 0.25) is 0 Å². The van der Waals surface area contributed by atoms with Gasteiger partial charge in [0.25, 0.3) is 5.91 Å². The van der Waals surface area contributed by atoms with Crippen molar-refractivity contribution in [2.45, 2.75) is 33.4 Å². The van der Waals surface area contributed by atoms with Gasteiger partial charge in [-0.3, -0.25) is 19.6 Å². The first-order valence-corrected chi connectivity index (χ1v) is 9.53. The average Bonchev–Trinajstić information content (AvgIpc) is 3.01. The maximum absolute atomic E-state index is 13.0. The van der Waals surface area contributed by atoms with E-state index in [-0.39, 0.29) is 24.2 Å². The molecule has 0 spiro atoms. The lowest BCUT2D eigenvalue weighted by molar-refractivity contribution is -0.386. The lowest BCUT2D eigenvalue weighted by Gasteiger charge is -2.17. The molecule has 156 valence electrons. The number of methoxy groups -OCH3 is 1. The fourth-order valence-electron chi connectivity index (χ4n) is 3.42. The molecule has 0 aliphatic carbocycles. The predicted octanol–water partition coefficient (Wildman–Crippen LogP) is 3.96. The Morgan fingerprint density at radius 1 is 1.23 bits per heavy atom. The Labute approximate surface area is 174 Å². The van der Waals surface area contributed by atoms with E-state index in [2.05, 4.69) is 10.4 Å². The molecule has 0 saturated heterocycles. The number of carbonyl (C=O) groups excluding carboxylic acids is 1. The Morgan fingerprint density at radius 2 is 1.97 bits per heavy atom. The van der Waals surface area contributed by atoms with Crippen molar-refractivity contribution in [2.24, 2.45) is 0 Å². The first kappa shape index (κ1) is 21.0. The molecule has 1 amide bonds. The zero-order valence-corrected chi connectivity index (χ0v) is 17.4. The normalized spacial score (nSPS) is 11.7. The van der Waals surface area contributed by atoms with Gasteiger partial charge in [-0.2, -0.15) is 5.10 Å². The van der Waals surface area contributed by atoms with E-state index in [0.29, 0.717) is 17.0 Å². The molecule has 1 heterocycles. The van der Waals surface area contributed by atoms with Gasteiger partial charge in [0.15, 0.2) is 0 Å². The van der Waals surface area contributed by atoms with Crippen molar-refractivity contribution < 1.29 is 14.5 Å². The van der Waals surface area contributed by atoms with Gasteiger partial charge in [-0.1, -0.05) is 30.3 Å². The Bertz CT molecular complexity index is 1090. The van der Waals surface area contributed by atoms with Gasteiger partial charge in [0, 0.05) is 5.56 Å². The predicted molar refractivity (Wildman–Crippen MR) is 113 cm³/mol. The second-order valence-corrected chi connectivity index (χ2v) is 7.06. The highest BCUT2D eigenvalue weighted by Crippen LogP contribution is 2.24. The zero-order chi connectivity index (χ0) is 21.8. The van der Waals surface area contributed by atoms with Crippen LogP contribution in [-0.4, -0.2) is 27.7 Å². The Morgan fingerprint density at radius 3 is 2.63 bits per heavy atom. The average molecular weight is 408 g/mol. The summed E-state index contributed by atoms with van der Waals surface area (Å²) < 4.78 is 6.81. The van der Waals surface area contributed by atoms with Crippen LogP contribution in [0.4, 0.5) is 5.69 Å². The van der Waals surface area contributed by atoms with E-state index >= 15 is 0 Å². The smallest absolute Gasteiger partial charge is 0.312 e. The number of ether oxygens (including phenoxy) is 1. The molecule has 0 bridgehead atoms. The summed E-state index contributed by atoms with van der Waals surface area (Å²) in [7, 11) is 1.60. The summed E-state index contributed by atoms with van der Waals surface area (Å²) >= 11 is 0. The zero-order valence-electron chi connectivity index (χ0n) is 17.4. The van der Waals surface area contributed by atoms with Crippen molar-refractivity contribution in [3.63, 3.8) is 0 Å². The topological polar surface area (TPSA) is 99.3 Å². The largest absolute Gasteiger partial charge is 0.497 e. The van der Waals surface area contributed by atoms with Crippen molar-refractivity contribution in [2.75, 3.05) is 7.11 Å². The Hall–Kier alpha value is -3.68. The van der Waals surface area contributed by atoms with Crippen molar-refractivity contribution in [1.29, 1.82) is 0 Å². The lowest BCUT2D eigenvalue weighted by atomic mass is 10.0. The monoisotopic (exact) mass is 408 g/mol. The van der Waals surface area contributed by atoms with E-state index in [9.17, 15) is 14.9 Å². The van der Waals surface area contributed by atoms with Crippen molar-refractivity contribution >= 4 is 11.6 Å². The first-order valence-electron chi connectivity index (χ1n) is 9.53. The first-order chi connectivity index (χ1) is 14.3. The van der Waals surface area contributed by atoms with Crippen LogP contribution in [0.25, 0.3) is 0 Å². The number of carbonyl (C=O) groups is 1. The number of hydrogen-bond acceptors (Lipinski definition) is 5. The number of hydrogen-bond donors (Lipinski definition) is 1. The third-order valence-corrected chi connectivity index (χ3v) is 5.05. The van der Waals surface area contributed by atoms with E-state index in [4.69, 9.17) is 4.74 Å². The fourth-order valence-corrected chi connectivity index (χ4v) is 3.42. The van der Waals surface area contributed by atoms with Gasteiger partial charge in [-0.15, -0.1) is 0 Å². The maximum Gasteiger partial charge on any atom is 0.312 e. The Kier molecular flexibility index (Phi) is 6.15. The molecule has 0 radical (unpaired) electrons. The number of amides is 1. The summed E-state index contributed by atoms with van der Waals surface area (Å²) in [6.07, 6.45) is 0. The molecule has 1 unspecified atom stereocenters. The van der Waals surface area contributed by atoms with E-state index < -0.39 is 4.92 Å². The molecule has 8 nitrogen and oxygen atoms in total. The van der Waals surface area contributed by atoms with Crippen molar-refractivity contribution in [1.82, 2.24) is 15.1 Å². The molecular weight excluding hydrogens is 384 g/mol. The summed E-state index contributed by atoms with van der Waals surface area (Å²) in [5, 5.41) is 18.6. The van der Waals surface area contributed by atoms with Crippen LogP contribution >= 0.6 is 0 Å². The highest BCUT2D eigenvalue weighted by Gasteiger charge is 2.23. The minimum atomic E-state index is -0.428. The highest BCUT2D eigenvalue weighted by molar-refractivity contribution is 5.95. The van der Waals surface area contributed by atoms with E-state index in [1.807, 2.05) is 43.3 Å². The molecule has 0 fully saturated rings. The minimum absolute atomic E-state index is 0.00331. The third-order valence-electron chi connectivity index (χ3n) is 5.05. The highest BCUT2D eigenvalue weighted by atomic mass is 16.6. The molecular formula is C22H24N4O4. The summed E-state index contributed by atoms with van der Waals surface area (Å²) in [4.78, 5) is 23.8.